The van der Waals surface area contributed by atoms with Crippen LogP contribution in [0.4, 0.5) is 4.79 Å². The Morgan fingerprint density at radius 2 is 1.82 bits per heavy atom. The largest absolute Gasteiger partial charge is 0.494 e. The van der Waals surface area contributed by atoms with E-state index in [1.807, 2.05) is 6.07 Å². The van der Waals surface area contributed by atoms with Crippen LogP contribution in [-0.4, -0.2) is 64.6 Å². The maximum atomic E-state index is 12.6. The second-order valence-electron chi connectivity index (χ2n) is 14.9. The first-order valence-electron chi connectivity index (χ1n) is 15.7. The average molecular weight is 612 g/mol. The summed E-state index contributed by atoms with van der Waals surface area (Å²) < 4.78 is 24.4. The van der Waals surface area contributed by atoms with E-state index in [0.29, 0.717) is 32.0 Å². The number of nitrogens with zero attached hydrogens (tertiary/aromatic N) is 2. The Morgan fingerprint density at radius 3 is 2.49 bits per heavy atom. The molecule has 0 unspecified atom stereocenters. The number of benzene rings is 3. The molecule has 236 valence electrons. The monoisotopic (exact) mass is 611 g/mol. The van der Waals surface area contributed by atoms with E-state index in [4.69, 9.17) is 23.8 Å². The molecule has 1 aromatic heterocycles. The lowest BCUT2D eigenvalue weighted by atomic mass is 9.70. The quantitative estimate of drug-likeness (QED) is 0.255. The van der Waals surface area contributed by atoms with Gasteiger partial charge in [0.25, 0.3) is 0 Å². The fourth-order valence-electron chi connectivity index (χ4n) is 7.52. The standard InChI is InChI=1S/C35H42BN3O6/c1-32(2,3)35(16-20(18-42-8)17-39(35)31(40)41)30-37-27-12-9-21-14-26-24-11-10-23(36-44-33(4,5)34(6,7)45-36)13-22(24)19-43-28(26)15-25(21)29(27)38-30/h9-15,20H,16-19H2,1-8H3,(H,37,38)(H,40,41)/t20-,35-/m1/s1. The third-order valence-corrected chi connectivity index (χ3v) is 10.7. The molecule has 2 saturated heterocycles. The van der Waals surface area contributed by atoms with Crippen LogP contribution in [0.15, 0.2) is 42.5 Å². The van der Waals surface area contributed by atoms with Crippen molar-refractivity contribution in [3.63, 3.8) is 0 Å². The summed E-state index contributed by atoms with van der Waals surface area (Å²) in [6, 6.07) is 14.7. The van der Waals surface area contributed by atoms with Gasteiger partial charge in [0, 0.05) is 30.5 Å². The van der Waals surface area contributed by atoms with Gasteiger partial charge in [-0.25, -0.2) is 9.78 Å². The van der Waals surface area contributed by atoms with Crippen LogP contribution in [0.25, 0.3) is 32.9 Å². The number of hydrogen-bond acceptors (Lipinski definition) is 6. The minimum atomic E-state index is -0.948. The lowest BCUT2D eigenvalue weighted by Gasteiger charge is -2.45. The molecule has 2 fully saturated rings. The molecule has 10 heteroatoms. The molecule has 9 nitrogen and oxygen atoms in total. The van der Waals surface area contributed by atoms with Gasteiger partial charge in [-0.05, 0) is 79.7 Å². The molecule has 3 aliphatic rings. The van der Waals surface area contributed by atoms with Crippen LogP contribution >= 0.6 is 0 Å². The first-order valence-corrected chi connectivity index (χ1v) is 15.7. The van der Waals surface area contributed by atoms with Crippen molar-refractivity contribution in [3.05, 3.63) is 53.9 Å². The van der Waals surface area contributed by atoms with Crippen molar-refractivity contribution in [2.45, 2.75) is 78.2 Å². The number of rotatable bonds is 4. The van der Waals surface area contributed by atoms with E-state index in [1.165, 1.54) is 0 Å². The maximum Gasteiger partial charge on any atom is 0.494 e. The Balaban J connectivity index is 1.30. The highest BCUT2D eigenvalue weighted by molar-refractivity contribution is 6.62. The van der Waals surface area contributed by atoms with Crippen molar-refractivity contribution in [1.82, 2.24) is 14.9 Å². The van der Waals surface area contributed by atoms with Crippen molar-refractivity contribution in [2.24, 2.45) is 11.3 Å². The van der Waals surface area contributed by atoms with Crippen LogP contribution in [0.1, 0.15) is 66.3 Å². The Bertz CT molecular complexity index is 1830. The van der Waals surface area contributed by atoms with Gasteiger partial charge in [0.2, 0.25) is 0 Å². The maximum absolute atomic E-state index is 12.6. The third-order valence-electron chi connectivity index (χ3n) is 10.7. The summed E-state index contributed by atoms with van der Waals surface area (Å²) >= 11 is 0. The average Bonchev–Trinajstić information content (AvgIpc) is 3.64. The fourth-order valence-corrected chi connectivity index (χ4v) is 7.52. The summed E-state index contributed by atoms with van der Waals surface area (Å²) in [4.78, 5) is 22.9. The molecule has 3 aromatic carbocycles. The van der Waals surface area contributed by atoms with Crippen LogP contribution in [0.2, 0.25) is 0 Å². The number of carboxylic acid groups (broad SMARTS) is 1. The van der Waals surface area contributed by atoms with E-state index >= 15 is 0 Å². The van der Waals surface area contributed by atoms with Crippen molar-refractivity contribution in [3.8, 4) is 16.9 Å². The normalized spacial score (nSPS) is 23.8. The number of carbonyl (C=O) groups is 1. The molecule has 1 amide bonds. The Morgan fingerprint density at radius 1 is 1.09 bits per heavy atom. The predicted octanol–water partition coefficient (Wildman–Crippen LogP) is 6.46. The number of hydrogen-bond donors (Lipinski definition) is 2. The first kappa shape index (κ1) is 30.1. The van der Waals surface area contributed by atoms with E-state index in [9.17, 15) is 9.90 Å². The molecule has 0 spiro atoms. The highest BCUT2D eigenvalue weighted by Crippen LogP contribution is 2.53. The summed E-state index contributed by atoms with van der Waals surface area (Å²) in [5, 5.41) is 12.4. The van der Waals surface area contributed by atoms with Gasteiger partial charge in [-0.1, -0.05) is 45.0 Å². The molecular formula is C35H42BN3O6. The molecule has 0 bridgehead atoms. The zero-order valence-electron chi connectivity index (χ0n) is 27.4. The van der Waals surface area contributed by atoms with Crippen molar-refractivity contribution in [1.29, 1.82) is 0 Å². The van der Waals surface area contributed by atoms with E-state index in [2.05, 4.69) is 89.8 Å². The number of likely N-dealkylation sites (tertiary alicyclic amines) is 1. The minimum absolute atomic E-state index is 0.0704. The molecule has 0 saturated carbocycles. The fraction of sp³-hybridized carbons (Fsp3) is 0.486. The second kappa shape index (κ2) is 9.95. The molecule has 4 heterocycles. The van der Waals surface area contributed by atoms with Crippen LogP contribution in [0.5, 0.6) is 5.75 Å². The van der Waals surface area contributed by atoms with Gasteiger partial charge in [0.05, 0.1) is 28.8 Å². The van der Waals surface area contributed by atoms with Gasteiger partial charge >= 0.3 is 13.2 Å². The van der Waals surface area contributed by atoms with Gasteiger partial charge in [0.1, 0.15) is 23.7 Å². The van der Waals surface area contributed by atoms with Gasteiger partial charge in [-0.15, -0.1) is 0 Å². The molecule has 0 aliphatic carbocycles. The highest BCUT2D eigenvalue weighted by atomic mass is 16.7. The number of ether oxygens (including phenoxy) is 2. The predicted molar refractivity (Wildman–Crippen MR) is 175 cm³/mol. The van der Waals surface area contributed by atoms with Crippen LogP contribution in [0, 0.1) is 11.3 Å². The first-order chi connectivity index (χ1) is 21.1. The molecule has 7 rings (SSSR count). The molecule has 2 N–H and O–H groups in total. The van der Waals surface area contributed by atoms with E-state index in [1.54, 1.807) is 12.0 Å². The second-order valence-corrected chi connectivity index (χ2v) is 14.9. The van der Waals surface area contributed by atoms with E-state index < -0.39 is 35.4 Å². The number of aromatic nitrogens is 2. The summed E-state index contributed by atoms with van der Waals surface area (Å²) in [7, 11) is 1.23. The number of methoxy groups -OCH3 is 1. The number of H-pyrrole nitrogens is 1. The van der Waals surface area contributed by atoms with Crippen LogP contribution in [-0.2, 0) is 26.2 Å². The van der Waals surface area contributed by atoms with Crippen molar-refractivity contribution in [2.75, 3.05) is 20.3 Å². The van der Waals surface area contributed by atoms with Gasteiger partial charge < -0.3 is 28.9 Å². The minimum Gasteiger partial charge on any atom is -0.488 e. The summed E-state index contributed by atoms with van der Waals surface area (Å²) in [6.07, 6.45) is -0.325. The molecule has 3 aliphatic heterocycles. The molecule has 4 aromatic rings. The SMILES string of the molecule is COC[C@H]1CN(C(=O)O)[C@](c2nc3ccc4cc5c(cc4c3[nH]2)OCc2cc(B3OC(C)(C)C(C)(C)O3)ccc2-5)(C(C)(C)C)C1. The smallest absolute Gasteiger partial charge is 0.488 e. The Kier molecular flexibility index (Phi) is 6.65. The number of nitrogens with one attached hydrogen (secondary N) is 1. The number of aromatic amines is 1. The molecule has 0 radical (unpaired) electrons. The molecule has 45 heavy (non-hydrogen) atoms. The van der Waals surface area contributed by atoms with Gasteiger partial charge in [-0.2, -0.15) is 0 Å². The Labute approximate surface area is 264 Å². The highest BCUT2D eigenvalue weighted by Gasteiger charge is 2.58. The zero-order valence-corrected chi connectivity index (χ0v) is 27.4. The number of imidazole rings is 1. The molecule has 2 atom stereocenters. The number of fused-ring (bicyclic) bond motifs is 6. The van der Waals surface area contributed by atoms with Crippen molar-refractivity contribution >= 4 is 40.5 Å². The van der Waals surface area contributed by atoms with Crippen LogP contribution < -0.4 is 10.2 Å². The van der Waals surface area contributed by atoms with Crippen LogP contribution in [0.3, 0.4) is 0 Å². The van der Waals surface area contributed by atoms with E-state index in [0.717, 1.165) is 49.7 Å². The topological polar surface area (TPSA) is 106 Å². The number of amides is 1. The Hall–Kier alpha value is -3.60. The lowest BCUT2D eigenvalue weighted by molar-refractivity contribution is 0.00578. The summed E-state index contributed by atoms with van der Waals surface area (Å²) in [5.74, 6) is 1.54. The summed E-state index contributed by atoms with van der Waals surface area (Å²) in [5.41, 5.74) is 3.82. The molecular weight excluding hydrogens is 569 g/mol. The summed E-state index contributed by atoms with van der Waals surface area (Å²) in [6.45, 7) is 15.8. The third kappa shape index (κ3) is 4.47. The van der Waals surface area contributed by atoms with Gasteiger partial charge in [0.15, 0.2) is 0 Å². The zero-order chi connectivity index (χ0) is 32.1. The van der Waals surface area contributed by atoms with E-state index in [-0.39, 0.29) is 5.92 Å². The van der Waals surface area contributed by atoms with Gasteiger partial charge in [-0.3, -0.25) is 4.90 Å². The van der Waals surface area contributed by atoms with Crippen molar-refractivity contribution < 1.29 is 28.7 Å². The lowest BCUT2D eigenvalue weighted by Crippen LogP contribution is -2.53.